The summed E-state index contributed by atoms with van der Waals surface area (Å²) in [4.78, 5) is 30.1. The van der Waals surface area contributed by atoms with Crippen molar-refractivity contribution in [3.05, 3.63) is 88.2 Å². The first-order valence-electron chi connectivity index (χ1n) is 10.9. The molecule has 5 rings (SSSR count). The van der Waals surface area contributed by atoms with Crippen LogP contribution in [-0.2, 0) is 0 Å². The lowest BCUT2D eigenvalue weighted by Gasteiger charge is -2.15. The number of amides is 2. The van der Waals surface area contributed by atoms with Crippen LogP contribution in [0.15, 0.2) is 59.7 Å². The Kier molecular flexibility index (Phi) is 5.64. The molecular weight excluding hydrogens is 459 g/mol. The predicted octanol–water partition coefficient (Wildman–Crippen LogP) is 5.37. The smallest absolute Gasteiger partial charge is 0.323 e. The monoisotopic (exact) mass is 479 g/mol. The molecule has 7 nitrogen and oxygen atoms in total. The van der Waals surface area contributed by atoms with E-state index < -0.39 is 29.0 Å². The molecule has 0 aliphatic heterocycles. The van der Waals surface area contributed by atoms with Crippen molar-refractivity contribution < 1.29 is 18.0 Å². The van der Waals surface area contributed by atoms with E-state index in [0.29, 0.717) is 22.8 Å². The highest BCUT2D eigenvalue weighted by Crippen LogP contribution is 2.41. The van der Waals surface area contributed by atoms with Gasteiger partial charge in [-0.15, -0.1) is 0 Å². The van der Waals surface area contributed by atoms with Crippen LogP contribution in [0.4, 0.5) is 35.2 Å². The molecule has 10 heteroatoms. The van der Waals surface area contributed by atoms with Gasteiger partial charge in [0.25, 0.3) is 5.56 Å². The average Bonchev–Trinajstić information content (AvgIpc) is 3.67. The highest BCUT2D eigenvalue weighted by Gasteiger charge is 2.30. The first-order valence-corrected chi connectivity index (χ1v) is 10.9. The minimum Gasteiger partial charge on any atom is -0.373 e. The maximum atomic E-state index is 14.9. The highest BCUT2D eigenvalue weighted by atomic mass is 19.1. The number of aromatic nitrogens is 2. The fraction of sp³-hybridized carbons (Fsp3) is 0.160. The first kappa shape index (κ1) is 22.5. The van der Waals surface area contributed by atoms with Crippen LogP contribution >= 0.6 is 0 Å². The molecule has 1 aliphatic carbocycles. The number of carbonyl (C=O) groups excluding carboxylic acids is 1. The molecule has 0 atom stereocenters. The molecular formula is C25H20F3N5O2. The van der Waals surface area contributed by atoms with Crippen LogP contribution in [0.2, 0.25) is 0 Å². The summed E-state index contributed by atoms with van der Waals surface area (Å²) >= 11 is 0. The molecule has 35 heavy (non-hydrogen) atoms. The van der Waals surface area contributed by atoms with Gasteiger partial charge in [-0.3, -0.25) is 9.36 Å². The van der Waals surface area contributed by atoms with Gasteiger partial charge in [-0.05, 0) is 60.5 Å². The minimum atomic E-state index is -1.02. The standard InChI is InChI=1S/C25H20F3N5O2/c1-29-22-8-17-14(11-30-22)12-33(24(34)23(17)13-2-3-13)21-10-20(18(27)9-19(21)28)32-25(35)31-16-6-4-15(26)5-7-16/h4-13,29H,2-3H2,1H3,(H2,31,32,35). The molecule has 0 spiro atoms. The molecule has 0 unspecified atom stereocenters. The van der Waals surface area contributed by atoms with Gasteiger partial charge in [-0.1, -0.05) is 0 Å². The topological polar surface area (TPSA) is 88.0 Å². The molecule has 1 fully saturated rings. The number of nitrogens with one attached hydrogen (secondary N) is 3. The van der Waals surface area contributed by atoms with E-state index in [1.807, 2.05) is 0 Å². The van der Waals surface area contributed by atoms with Crippen LogP contribution in [0.1, 0.15) is 24.3 Å². The number of nitrogens with zero attached hydrogens (tertiary/aromatic N) is 2. The van der Waals surface area contributed by atoms with Crippen molar-refractivity contribution in [2.45, 2.75) is 18.8 Å². The lowest BCUT2D eigenvalue weighted by atomic mass is 10.0. The number of carbonyl (C=O) groups is 1. The summed E-state index contributed by atoms with van der Waals surface area (Å²) in [7, 11) is 1.72. The Hall–Kier alpha value is -4.34. The Morgan fingerprint density at radius 2 is 1.77 bits per heavy atom. The van der Waals surface area contributed by atoms with Gasteiger partial charge in [0.1, 0.15) is 23.3 Å². The van der Waals surface area contributed by atoms with Crippen LogP contribution in [-0.4, -0.2) is 22.6 Å². The summed E-state index contributed by atoms with van der Waals surface area (Å²) < 4.78 is 43.6. The summed E-state index contributed by atoms with van der Waals surface area (Å²) in [5, 5.41) is 9.05. The van der Waals surface area contributed by atoms with E-state index >= 15 is 0 Å². The van der Waals surface area contributed by atoms with Crippen molar-refractivity contribution in [1.29, 1.82) is 0 Å². The van der Waals surface area contributed by atoms with E-state index in [1.165, 1.54) is 18.3 Å². The van der Waals surface area contributed by atoms with Gasteiger partial charge in [0.15, 0.2) is 0 Å². The van der Waals surface area contributed by atoms with E-state index in [1.54, 1.807) is 19.3 Å². The fourth-order valence-corrected chi connectivity index (χ4v) is 3.96. The quantitative estimate of drug-likeness (QED) is 0.359. The van der Waals surface area contributed by atoms with Crippen LogP contribution < -0.4 is 21.5 Å². The average molecular weight is 479 g/mol. The molecule has 0 bridgehead atoms. The summed E-state index contributed by atoms with van der Waals surface area (Å²) in [5.74, 6) is -1.81. The molecule has 0 radical (unpaired) electrons. The number of hydrogen-bond acceptors (Lipinski definition) is 4. The Morgan fingerprint density at radius 3 is 2.46 bits per heavy atom. The third kappa shape index (κ3) is 4.42. The summed E-state index contributed by atoms with van der Waals surface area (Å²) in [6, 6.07) is 7.62. The number of rotatable bonds is 5. The second kappa shape index (κ2) is 8.79. The number of anilines is 3. The van der Waals surface area contributed by atoms with Gasteiger partial charge >= 0.3 is 6.03 Å². The molecule has 1 aliphatic rings. The summed E-state index contributed by atoms with van der Waals surface area (Å²) in [6.45, 7) is 0. The second-order valence-corrected chi connectivity index (χ2v) is 8.27. The van der Waals surface area contributed by atoms with E-state index in [2.05, 4.69) is 20.9 Å². The Balaban J connectivity index is 1.55. The lowest BCUT2D eigenvalue weighted by molar-refractivity contribution is 0.262. The van der Waals surface area contributed by atoms with Gasteiger partial charge in [0.05, 0.1) is 11.4 Å². The summed E-state index contributed by atoms with van der Waals surface area (Å²) in [5.41, 5.74) is -0.131. The molecule has 2 aromatic carbocycles. The number of benzene rings is 2. The number of fused-ring (bicyclic) bond motifs is 1. The predicted molar refractivity (Wildman–Crippen MR) is 128 cm³/mol. The Labute approximate surface area is 197 Å². The van der Waals surface area contributed by atoms with Crippen molar-refractivity contribution in [2.24, 2.45) is 0 Å². The SMILES string of the molecule is CNc1cc2c(C3CC3)c(=O)n(-c3cc(NC(=O)Nc4ccc(F)cc4)c(F)cc3F)cc2cn1. The van der Waals surface area contributed by atoms with Crippen LogP contribution in [0.3, 0.4) is 0 Å². The highest BCUT2D eigenvalue weighted by molar-refractivity contribution is 6.00. The third-order valence-corrected chi connectivity index (χ3v) is 5.83. The second-order valence-electron chi connectivity index (χ2n) is 8.27. The molecule has 178 valence electrons. The van der Waals surface area contributed by atoms with E-state index in [-0.39, 0.29) is 23.0 Å². The van der Waals surface area contributed by atoms with Gasteiger partial charge in [-0.2, -0.15) is 0 Å². The van der Waals surface area contributed by atoms with E-state index in [4.69, 9.17) is 0 Å². The molecule has 2 heterocycles. The van der Waals surface area contributed by atoms with Crippen molar-refractivity contribution in [1.82, 2.24) is 9.55 Å². The number of hydrogen-bond donors (Lipinski definition) is 3. The van der Waals surface area contributed by atoms with Gasteiger partial charge in [0.2, 0.25) is 0 Å². The van der Waals surface area contributed by atoms with Crippen molar-refractivity contribution >= 4 is 34.0 Å². The van der Waals surface area contributed by atoms with Gasteiger partial charge in [0, 0.05) is 42.1 Å². The number of pyridine rings is 2. The molecule has 0 saturated heterocycles. The molecule has 3 N–H and O–H groups in total. The first-order chi connectivity index (χ1) is 16.8. The van der Waals surface area contributed by atoms with Crippen molar-refractivity contribution in [3.63, 3.8) is 0 Å². The maximum Gasteiger partial charge on any atom is 0.323 e. The van der Waals surface area contributed by atoms with Crippen LogP contribution in [0.25, 0.3) is 16.5 Å². The fourth-order valence-electron chi connectivity index (χ4n) is 3.96. The Morgan fingerprint density at radius 1 is 1.03 bits per heavy atom. The minimum absolute atomic E-state index is 0.0483. The molecule has 2 aromatic heterocycles. The largest absolute Gasteiger partial charge is 0.373 e. The third-order valence-electron chi connectivity index (χ3n) is 5.83. The van der Waals surface area contributed by atoms with Crippen molar-refractivity contribution in [3.8, 4) is 5.69 Å². The zero-order chi connectivity index (χ0) is 24.7. The zero-order valence-corrected chi connectivity index (χ0v) is 18.5. The number of urea groups is 1. The molecule has 2 amide bonds. The molecule has 4 aromatic rings. The van der Waals surface area contributed by atoms with Crippen LogP contribution in [0.5, 0.6) is 0 Å². The van der Waals surface area contributed by atoms with E-state index in [9.17, 15) is 22.8 Å². The van der Waals surface area contributed by atoms with Crippen molar-refractivity contribution in [2.75, 3.05) is 23.0 Å². The van der Waals surface area contributed by atoms with Crippen LogP contribution in [0, 0.1) is 17.5 Å². The van der Waals surface area contributed by atoms with E-state index in [0.717, 1.165) is 41.0 Å². The maximum absolute atomic E-state index is 14.9. The number of halogens is 3. The lowest BCUT2D eigenvalue weighted by Crippen LogP contribution is -2.24. The zero-order valence-electron chi connectivity index (χ0n) is 18.5. The van der Waals surface area contributed by atoms with Gasteiger partial charge in [-0.25, -0.2) is 22.9 Å². The normalized spacial score (nSPS) is 13.0. The van der Waals surface area contributed by atoms with Gasteiger partial charge < -0.3 is 16.0 Å². The summed E-state index contributed by atoms with van der Waals surface area (Å²) in [6.07, 6.45) is 4.72. The molecule has 1 saturated carbocycles. The Bertz CT molecular complexity index is 1510.